The molecule has 0 unspecified atom stereocenters. The molecule has 0 fully saturated rings. The molecule has 3 heteroatoms. The van der Waals surface area contributed by atoms with Gasteiger partial charge in [0, 0.05) is 11.1 Å². The molecule has 1 atom stereocenters. The largest absolute Gasteiger partial charge is 0.467 e. The predicted octanol–water partition coefficient (Wildman–Crippen LogP) is 3.48. The number of carbonyl (C=O) groups excluding carboxylic acids is 1. The zero-order valence-electron chi connectivity index (χ0n) is 12.3. The van der Waals surface area contributed by atoms with Crippen LogP contribution in [0.25, 0.3) is 0 Å². The van der Waals surface area contributed by atoms with Crippen molar-refractivity contribution in [3.05, 3.63) is 71.8 Å². The summed E-state index contributed by atoms with van der Waals surface area (Å²) in [5.41, 5.74) is 2.80. The van der Waals surface area contributed by atoms with Gasteiger partial charge in [0.15, 0.2) is 0 Å². The second-order valence-corrected chi connectivity index (χ2v) is 4.66. The Kier molecular flexibility index (Phi) is 5.27. The van der Waals surface area contributed by atoms with Crippen LogP contribution in [0.4, 0.5) is 0 Å². The normalized spacial score (nSPS) is 11.5. The molecule has 2 aromatic carbocycles. The van der Waals surface area contributed by atoms with E-state index < -0.39 is 6.04 Å². The number of carbonyl (C=O) groups is 1. The maximum atomic E-state index is 11.8. The summed E-state index contributed by atoms with van der Waals surface area (Å²) < 4.78 is 4.83. The molecule has 0 aliphatic heterocycles. The maximum absolute atomic E-state index is 11.8. The average Bonchev–Trinajstić information content (AvgIpc) is 2.57. The third kappa shape index (κ3) is 3.78. The Morgan fingerprint density at radius 3 is 1.86 bits per heavy atom. The summed E-state index contributed by atoms with van der Waals surface area (Å²) in [5, 5.41) is 0. The van der Waals surface area contributed by atoms with E-state index in [1.807, 2.05) is 67.6 Å². The van der Waals surface area contributed by atoms with E-state index in [4.69, 9.17) is 4.74 Å². The van der Waals surface area contributed by atoms with Crippen LogP contribution in [-0.4, -0.2) is 24.8 Å². The van der Waals surface area contributed by atoms with Crippen molar-refractivity contribution >= 4 is 11.7 Å². The van der Waals surface area contributed by atoms with E-state index in [-0.39, 0.29) is 5.97 Å². The highest BCUT2D eigenvalue weighted by atomic mass is 16.5. The predicted molar refractivity (Wildman–Crippen MR) is 84.6 cm³/mol. The molecule has 0 saturated carbocycles. The summed E-state index contributed by atoms with van der Waals surface area (Å²) >= 11 is 0. The second-order valence-electron chi connectivity index (χ2n) is 4.66. The number of esters is 1. The van der Waals surface area contributed by atoms with Gasteiger partial charge >= 0.3 is 5.97 Å². The van der Waals surface area contributed by atoms with Crippen LogP contribution in [0, 0.1) is 0 Å². The van der Waals surface area contributed by atoms with Crippen LogP contribution >= 0.6 is 0 Å². The highest BCUT2D eigenvalue weighted by Gasteiger charge is 2.18. The summed E-state index contributed by atoms with van der Waals surface area (Å²) in [4.78, 5) is 16.5. The van der Waals surface area contributed by atoms with Gasteiger partial charge < -0.3 is 4.74 Å². The SMILES string of the molecule is CC[C@H](N=C(c1ccccc1)c1ccccc1)C(=O)OC. The van der Waals surface area contributed by atoms with Gasteiger partial charge in [-0.05, 0) is 6.42 Å². The topological polar surface area (TPSA) is 38.7 Å². The lowest BCUT2D eigenvalue weighted by atomic mass is 10.0. The van der Waals surface area contributed by atoms with Gasteiger partial charge in [-0.3, -0.25) is 4.99 Å². The molecule has 0 aliphatic carbocycles. The summed E-state index contributed by atoms with van der Waals surface area (Å²) in [6.07, 6.45) is 0.607. The van der Waals surface area contributed by atoms with Crippen molar-refractivity contribution in [2.24, 2.45) is 4.99 Å². The van der Waals surface area contributed by atoms with E-state index in [1.165, 1.54) is 7.11 Å². The van der Waals surface area contributed by atoms with Gasteiger partial charge in [-0.15, -0.1) is 0 Å². The molecule has 0 spiro atoms. The van der Waals surface area contributed by atoms with Crippen molar-refractivity contribution in [3.8, 4) is 0 Å². The molecule has 0 aromatic heterocycles. The zero-order chi connectivity index (χ0) is 15.1. The summed E-state index contributed by atoms with van der Waals surface area (Å²) in [5.74, 6) is -0.304. The summed E-state index contributed by atoms with van der Waals surface area (Å²) in [6.45, 7) is 1.93. The van der Waals surface area contributed by atoms with Gasteiger partial charge in [0.05, 0.1) is 12.8 Å². The van der Waals surface area contributed by atoms with Crippen LogP contribution < -0.4 is 0 Å². The highest BCUT2D eigenvalue weighted by Crippen LogP contribution is 2.13. The molecule has 0 heterocycles. The number of aliphatic imine (C=N–C) groups is 1. The lowest BCUT2D eigenvalue weighted by molar-refractivity contribution is -0.142. The smallest absolute Gasteiger partial charge is 0.330 e. The van der Waals surface area contributed by atoms with Crippen LogP contribution in [-0.2, 0) is 9.53 Å². The quantitative estimate of drug-likeness (QED) is 0.621. The third-order valence-corrected chi connectivity index (χ3v) is 3.24. The highest BCUT2D eigenvalue weighted by molar-refractivity contribution is 6.13. The van der Waals surface area contributed by atoms with E-state index in [1.54, 1.807) is 0 Å². The number of ether oxygens (including phenoxy) is 1. The van der Waals surface area contributed by atoms with Crippen molar-refractivity contribution in [1.29, 1.82) is 0 Å². The first-order valence-corrected chi connectivity index (χ1v) is 7.02. The number of rotatable bonds is 5. The number of hydrogen-bond acceptors (Lipinski definition) is 3. The first-order chi connectivity index (χ1) is 10.3. The Morgan fingerprint density at radius 2 is 1.48 bits per heavy atom. The van der Waals surface area contributed by atoms with Gasteiger partial charge in [-0.25, -0.2) is 4.79 Å². The molecule has 0 N–H and O–H groups in total. The Hall–Kier alpha value is -2.42. The van der Waals surface area contributed by atoms with Gasteiger partial charge in [-0.2, -0.15) is 0 Å². The fourth-order valence-electron chi connectivity index (χ4n) is 2.11. The van der Waals surface area contributed by atoms with Crippen LogP contribution in [0.5, 0.6) is 0 Å². The molecule has 0 amide bonds. The number of benzene rings is 2. The lowest BCUT2D eigenvalue weighted by Gasteiger charge is -2.12. The van der Waals surface area contributed by atoms with Crippen LogP contribution in [0.3, 0.4) is 0 Å². The maximum Gasteiger partial charge on any atom is 0.330 e. The molecule has 2 aromatic rings. The van der Waals surface area contributed by atoms with Gasteiger partial charge in [0.1, 0.15) is 6.04 Å². The first kappa shape index (κ1) is 15.0. The molecule has 3 nitrogen and oxygen atoms in total. The van der Waals surface area contributed by atoms with E-state index in [0.29, 0.717) is 6.42 Å². The second kappa shape index (κ2) is 7.39. The average molecular weight is 281 g/mol. The van der Waals surface area contributed by atoms with Crippen molar-refractivity contribution in [3.63, 3.8) is 0 Å². The number of hydrogen-bond donors (Lipinski definition) is 0. The molecule has 0 radical (unpaired) electrons. The molecule has 2 rings (SSSR count). The molecule has 0 aliphatic rings. The Labute approximate surface area is 125 Å². The molecule has 0 bridgehead atoms. The Bertz CT molecular complexity index is 564. The zero-order valence-corrected chi connectivity index (χ0v) is 12.3. The van der Waals surface area contributed by atoms with Crippen LogP contribution in [0.1, 0.15) is 24.5 Å². The number of nitrogens with zero attached hydrogens (tertiary/aromatic N) is 1. The van der Waals surface area contributed by atoms with E-state index >= 15 is 0 Å². The monoisotopic (exact) mass is 281 g/mol. The summed E-state index contributed by atoms with van der Waals surface area (Å²) in [6, 6.07) is 19.3. The standard InChI is InChI=1S/C18H19NO2/c1-3-16(18(20)21-2)19-17(14-10-6-4-7-11-14)15-12-8-5-9-13-15/h4-13,16H,3H2,1-2H3/t16-/m0/s1. The van der Waals surface area contributed by atoms with Crippen molar-refractivity contribution in [2.45, 2.75) is 19.4 Å². The van der Waals surface area contributed by atoms with Crippen LogP contribution in [0.15, 0.2) is 65.7 Å². The lowest BCUT2D eigenvalue weighted by Crippen LogP contribution is -2.21. The fraction of sp³-hybridized carbons (Fsp3) is 0.222. The molecular weight excluding hydrogens is 262 g/mol. The van der Waals surface area contributed by atoms with E-state index in [2.05, 4.69) is 4.99 Å². The molecule has 0 saturated heterocycles. The Morgan fingerprint density at radius 1 is 1.00 bits per heavy atom. The van der Waals surface area contributed by atoms with E-state index in [0.717, 1.165) is 16.8 Å². The minimum atomic E-state index is -0.481. The van der Waals surface area contributed by atoms with Crippen LogP contribution in [0.2, 0.25) is 0 Å². The van der Waals surface area contributed by atoms with Crippen molar-refractivity contribution in [2.75, 3.05) is 7.11 Å². The van der Waals surface area contributed by atoms with E-state index in [9.17, 15) is 4.79 Å². The fourth-order valence-corrected chi connectivity index (χ4v) is 2.11. The Balaban J connectivity index is 2.48. The molecular formula is C18H19NO2. The number of methoxy groups -OCH3 is 1. The third-order valence-electron chi connectivity index (χ3n) is 3.24. The molecule has 108 valence electrons. The molecule has 21 heavy (non-hydrogen) atoms. The van der Waals surface area contributed by atoms with Gasteiger partial charge in [0.2, 0.25) is 0 Å². The van der Waals surface area contributed by atoms with Gasteiger partial charge in [0.25, 0.3) is 0 Å². The minimum absolute atomic E-state index is 0.304. The first-order valence-electron chi connectivity index (χ1n) is 7.02. The van der Waals surface area contributed by atoms with Gasteiger partial charge in [-0.1, -0.05) is 67.6 Å². The summed E-state index contributed by atoms with van der Waals surface area (Å²) in [7, 11) is 1.39. The van der Waals surface area contributed by atoms with Crippen molar-refractivity contribution in [1.82, 2.24) is 0 Å². The van der Waals surface area contributed by atoms with Crippen molar-refractivity contribution < 1.29 is 9.53 Å². The minimum Gasteiger partial charge on any atom is -0.467 e.